The van der Waals surface area contributed by atoms with E-state index in [4.69, 9.17) is 4.74 Å². The minimum Gasteiger partial charge on any atom is -0.444 e. The fraction of sp³-hybridized carbons (Fsp3) is 0.667. The Bertz CT molecular complexity index is 599. The van der Waals surface area contributed by atoms with Gasteiger partial charge in [-0.2, -0.15) is 5.10 Å². The highest BCUT2D eigenvalue weighted by Gasteiger charge is 2.27. The SMILES string of the molecule is CC(C)n1nc2c(cc1=O)CN(C(=O)OC(C)(C)C)CC2. The van der Waals surface area contributed by atoms with Gasteiger partial charge in [-0.05, 0) is 34.6 Å². The topological polar surface area (TPSA) is 64.4 Å². The second kappa shape index (κ2) is 5.50. The molecule has 0 aliphatic carbocycles. The van der Waals surface area contributed by atoms with Gasteiger partial charge in [0.05, 0.1) is 18.3 Å². The van der Waals surface area contributed by atoms with Gasteiger partial charge in [0.25, 0.3) is 5.56 Å². The second-order valence-electron chi connectivity index (χ2n) is 6.64. The van der Waals surface area contributed by atoms with E-state index in [1.807, 2.05) is 34.6 Å². The van der Waals surface area contributed by atoms with Crippen molar-refractivity contribution in [3.05, 3.63) is 27.7 Å². The van der Waals surface area contributed by atoms with E-state index in [9.17, 15) is 9.59 Å². The van der Waals surface area contributed by atoms with Crippen molar-refractivity contribution in [1.29, 1.82) is 0 Å². The van der Waals surface area contributed by atoms with Crippen LogP contribution >= 0.6 is 0 Å². The van der Waals surface area contributed by atoms with Crippen molar-refractivity contribution in [2.45, 2.75) is 59.2 Å². The number of aromatic nitrogens is 2. The Labute approximate surface area is 124 Å². The van der Waals surface area contributed by atoms with Crippen LogP contribution < -0.4 is 5.56 Å². The van der Waals surface area contributed by atoms with Crippen molar-refractivity contribution < 1.29 is 9.53 Å². The van der Waals surface area contributed by atoms with Gasteiger partial charge in [0.1, 0.15) is 5.60 Å². The summed E-state index contributed by atoms with van der Waals surface area (Å²) in [7, 11) is 0. The molecule has 1 aliphatic heterocycles. The maximum atomic E-state index is 12.1. The standard InChI is InChI=1S/C15H23N3O3/c1-10(2)18-13(19)8-11-9-17(7-6-12(11)16-18)14(20)21-15(3,4)5/h8,10H,6-7,9H2,1-5H3. The van der Waals surface area contributed by atoms with Gasteiger partial charge in [-0.3, -0.25) is 4.79 Å². The van der Waals surface area contributed by atoms with Crippen molar-refractivity contribution in [3.63, 3.8) is 0 Å². The third kappa shape index (κ3) is 3.62. The number of amides is 1. The molecule has 0 radical (unpaired) electrons. The maximum absolute atomic E-state index is 12.1. The van der Waals surface area contributed by atoms with Gasteiger partial charge in [0.2, 0.25) is 0 Å². The van der Waals surface area contributed by atoms with Crippen LogP contribution in [0.25, 0.3) is 0 Å². The summed E-state index contributed by atoms with van der Waals surface area (Å²) in [5.41, 5.74) is 1.06. The zero-order valence-electron chi connectivity index (χ0n) is 13.3. The molecule has 116 valence electrons. The van der Waals surface area contributed by atoms with Crippen LogP contribution in [0.1, 0.15) is 51.9 Å². The number of carbonyl (C=O) groups is 1. The third-order valence-corrected chi connectivity index (χ3v) is 3.24. The highest BCUT2D eigenvalue weighted by atomic mass is 16.6. The molecule has 6 heteroatoms. The molecule has 1 aliphatic rings. The molecule has 1 aromatic heterocycles. The average molecular weight is 293 g/mol. The normalized spacial score (nSPS) is 15.0. The number of hydrogen-bond donors (Lipinski definition) is 0. The van der Waals surface area contributed by atoms with Crippen LogP contribution in [0.4, 0.5) is 4.79 Å². The molecule has 0 atom stereocenters. The van der Waals surface area contributed by atoms with E-state index in [0.717, 1.165) is 11.3 Å². The van der Waals surface area contributed by atoms with E-state index < -0.39 is 5.60 Å². The molecule has 6 nitrogen and oxygen atoms in total. The molecule has 0 saturated heterocycles. The number of nitrogens with zero attached hydrogens (tertiary/aromatic N) is 3. The Balaban J connectivity index is 2.20. The van der Waals surface area contributed by atoms with E-state index in [2.05, 4.69) is 5.10 Å². The van der Waals surface area contributed by atoms with Gasteiger partial charge >= 0.3 is 6.09 Å². The molecule has 1 amide bonds. The van der Waals surface area contributed by atoms with Crippen molar-refractivity contribution in [2.24, 2.45) is 0 Å². The molecule has 0 bridgehead atoms. The minimum atomic E-state index is -0.517. The molecule has 1 aromatic rings. The maximum Gasteiger partial charge on any atom is 0.410 e. The van der Waals surface area contributed by atoms with Crippen molar-refractivity contribution in [2.75, 3.05) is 6.54 Å². The van der Waals surface area contributed by atoms with E-state index in [1.54, 1.807) is 11.0 Å². The summed E-state index contributed by atoms with van der Waals surface area (Å²) in [6.45, 7) is 10.3. The summed E-state index contributed by atoms with van der Waals surface area (Å²) in [6.07, 6.45) is 0.294. The Morgan fingerprint density at radius 1 is 1.38 bits per heavy atom. The molecule has 2 heterocycles. The number of hydrogen-bond acceptors (Lipinski definition) is 4. The summed E-state index contributed by atoms with van der Waals surface area (Å²) >= 11 is 0. The van der Waals surface area contributed by atoms with E-state index in [-0.39, 0.29) is 17.7 Å². The summed E-state index contributed by atoms with van der Waals surface area (Å²) in [4.78, 5) is 25.7. The van der Waals surface area contributed by atoms with Crippen molar-refractivity contribution in [3.8, 4) is 0 Å². The van der Waals surface area contributed by atoms with Gasteiger partial charge in [0.15, 0.2) is 0 Å². The van der Waals surface area contributed by atoms with Crippen molar-refractivity contribution in [1.82, 2.24) is 14.7 Å². The van der Waals surface area contributed by atoms with Crippen LogP contribution in [0, 0.1) is 0 Å². The Morgan fingerprint density at radius 3 is 2.62 bits per heavy atom. The van der Waals surface area contributed by atoms with Crippen LogP contribution in [0.2, 0.25) is 0 Å². The smallest absolute Gasteiger partial charge is 0.410 e. The first kappa shape index (κ1) is 15.5. The van der Waals surface area contributed by atoms with Crippen LogP contribution in [-0.2, 0) is 17.7 Å². The number of carbonyl (C=O) groups excluding carboxylic acids is 1. The third-order valence-electron chi connectivity index (χ3n) is 3.24. The van der Waals surface area contributed by atoms with E-state index >= 15 is 0 Å². The van der Waals surface area contributed by atoms with Crippen LogP contribution in [-0.4, -0.2) is 32.9 Å². The van der Waals surface area contributed by atoms with Gasteiger partial charge < -0.3 is 9.64 Å². The molecular formula is C15H23N3O3. The average Bonchev–Trinajstić information content (AvgIpc) is 2.34. The number of rotatable bonds is 1. The largest absolute Gasteiger partial charge is 0.444 e. The summed E-state index contributed by atoms with van der Waals surface area (Å²) in [5, 5.41) is 4.41. The lowest BCUT2D eigenvalue weighted by Crippen LogP contribution is -2.41. The Kier molecular flexibility index (Phi) is 4.07. The lowest BCUT2D eigenvalue weighted by molar-refractivity contribution is 0.0221. The molecule has 0 aromatic carbocycles. The first-order valence-electron chi connectivity index (χ1n) is 7.27. The summed E-state index contributed by atoms with van der Waals surface area (Å²) in [6, 6.07) is 1.62. The quantitative estimate of drug-likeness (QED) is 0.795. The zero-order valence-corrected chi connectivity index (χ0v) is 13.3. The monoisotopic (exact) mass is 293 g/mol. The molecule has 21 heavy (non-hydrogen) atoms. The summed E-state index contributed by atoms with van der Waals surface area (Å²) < 4.78 is 6.86. The predicted molar refractivity (Wildman–Crippen MR) is 79.2 cm³/mol. The lowest BCUT2D eigenvalue weighted by Gasteiger charge is -2.31. The molecule has 0 unspecified atom stereocenters. The minimum absolute atomic E-state index is 0.0340. The van der Waals surface area contributed by atoms with Gasteiger partial charge in [-0.15, -0.1) is 0 Å². The fourth-order valence-corrected chi connectivity index (χ4v) is 2.27. The predicted octanol–water partition coefficient (Wildman–Crippen LogP) is 2.12. The highest BCUT2D eigenvalue weighted by molar-refractivity contribution is 5.68. The Hall–Kier alpha value is -1.85. The molecular weight excluding hydrogens is 270 g/mol. The van der Waals surface area contributed by atoms with E-state index in [0.29, 0.717) is 19.5 Å². The zero-order chi connectivity index (χ0) is 15.8. The van der Waals surface area contributed by atoms with Crippen LogP contribution in [0.3, 0.4) is 0 Å². The van der Waals surface area contributed by atoms with Gasteiger partial charge in [-0.25, -0.2) is 9.48 Å². The first-order valence-corrected chi connectivity index (χ1v) is 7.27. The van der Waals surface area contributed by atoms with E-state index in [1.165, 1.54) is 4.68 Å². The van der Waals surface area contributed by atoms with Gasteiger partial charge in [0, 0.05) is 24.6 Å². The van der Waals surface area contributed by atoms with Gasteiger partial charge in [-0.1, -0.05) is 0 Å². The summed E-state index contributed by atoms with van der Waals surface area (Å²) in [5.74, 6) is 0. The molecule has 0 saturated carbocycles. The second-order valence-corrected chi connectivity index (χ2v) is 6.64. The fourth-order valence-electron chi connectivity index (χ4n) is 2.27. The molecule has 0 fully saturated rings. The van der Waals surface area contributed by atoms with Crippen LogP contribution in [0.5, 0.6) is 0 Å². The number of fused-ring (bicyclic) bond motifs is 1. The first-order chi connectivity index (χ1) is 9.67. The lowest BCUT2D eigenvalue weighted by atomic mass is 10.1. The number of ether oxygens (including phenoxy) is 1. The Morgan fingerprint density at radius 2 is 2.05 bits per heavy atom. The molecule has 0 N–H and O–H groups in total. The van der Waals surface area contributed by atoms with Crippen molar-refractivity contribution >= 4 is 6.09 Å². The highest BCUT2D eigenvalue weighted by Crippen LogP contribution is 2.18. The molecule has 2 rings (SSSR count). The van der Waals surface area contributed by atoms with Crippen LogP contribution in [0.15, 0.2) is 10.9 Å². The molecule has 0 spiro atoms.